The van der Waals surface area contributed by atoms with Crippen LogP contribution in [0.25, 0.3) is 0 Å². The fourth-order valence-corrected chi connectivity index (χ4v) is 2.83. The molecule has 0 aliphatic rings. The molecule has 0 amide bonds. The van der Waals surface area contributed by atoms with Gasteiger partial charge in [-0.15, -0.1) is 0 Å². The molecule has 0 aliphatic heterocycles. The normalized spacial score (nSPS) is 10.2. The SMILES string of the molecule is O=C(c1ccccc1)c1ccc(OC(=O)c2ccccc2I)cc1. The summed E-state index contributed by atoms with van der Waals surface area (Å²) in [5, 5.41) is 0. The van der Waals surface area contributed by atoms with Crippen molar-refractivity contribution in [1.82, 2.24) is 0 Å². The fourth-order valence-electron chi connectivity index (χ4n) is 2.22. The summed E-state index contributed by atoms with van der Waals surface area (Å²) in [5.74, 6) is -0.0718. The van der Waals surface area contributed by atoms with Crippen LogP contribution in [0.4, 0.5) is 0 Å². The van der Waals surface area contributed by atoms with Crippen molar-refractivity contribution in [2.75, 3.05) is 0 Å². The number of halogens is 1. The van der Waals surface area contributed by atoms with E-state index < -0.39 is 5.97 Å². The summed E-state index contributed by atoms with van der Waals surface area (Å²) in [5.41, 5.74) is 1.69. The highest BCUT2D eigenvalue weighted by molar-refractivity contribution is 14.1. The number of ketones is 1. The van der Waals surface area contributed by atoms with Gasteiger partial charge < -0.3 is 4.74 Å². The van der Waals surface area contributed by atoms with E-state index in [1.807, 2.05) is 30.3 Å². The van der Waals surface area contributed by atoms with Gasteiger partial charge in [0, 0.05) is 14.7 Å². The van der Waals surface area contributed by atoms with Gasteiger partial charge in [0.15, 0.2) is 5.78 Å². The van der Waals surface area contributed by atoms with Crippen molar-refractivity contribution in [3.05, 3.63) is 99.1 Å². The molecule has 24 heavy (non-hydrogen) atoms. The van der Waals surface area contributed by atoms with E-state index in [1.54, 1.807) is 48.5 Å². The second-order valence-corrected chi connectivity index (χ2v) is 6.25. The quantitative estimate of drug-likeness (QED) is 0.261. The van der Waals surface area contributed by atoms with Gasteiger partial charge in [0.2, 0.25) is 0 Å². The first-order valence-corrected chi connectivity index (χ1v) is 8.39. The molecule has 0 saturated carbocycles. The minimum atomic E-state index is -0.415. The Labute approximate surface area is 153 Å². The lowest BCUT2D eigenvalue weighted by atomic mass is 10.0. The summed E-state index contributed by atoms with van der Waals surface area (Å²) in [7, 11) is 0. The molecule has 3 rings (SSSR count). The first kappa shape index (κ1) is 16.4. The maximum Gasteiger partial charge on any atom is 0.344 e. The highest BCUT2D eigenvalue weighted by atomic mass is 127. The van der Waals surface area contributed by atoms with Gasteiger partial charge in [-0.05, 0) is 59.0 Å². The Balaban J connectivity index is 1.74. The van der Waals surface area contributed by atoms with Crippen LogP contribution < -0.4 is 4.74 Å². The molecule has 0 fully saturated rings. The highest BCUT2D eigenvalue weighted by Gasteiger charge is 2.13. The Bertz CT molecular complexity index is 871. The van der Waals surface area contributed by atoms with Crippen molar-refractivity contribution in [1.29, 1.82) is 0 Å². The van der Waals surface area contributed by atoms with Crippen molar-refractivity contribution < 1.29 is 14.3 Å². The van der Waals surface area contributed by atoms with Crippen LogP contribution in [0.2, 0.25) is 0 Å². The van der Waals surface area contributed by atoms with Crippen LogP contribution in [0.3, 0.4) is 0 Å². The Morgan fingerprint density at radius 1 is 0.708 bits per heavy atom. The van der Waals surface area contributed by atoms with Crippen LogP contribution in [-0.2, 0) is 0 Å². The van der Waals surface area contributed by atoms with E-state index in [1.165, 1.54) is 0 Å². The first-order chi connectivity index (χ1) is 11.6. The molecular weight excluding hydrogens is 415 g/mol. The van der Waals surface area contributed by atoms with Gasteiger partial charge in [-0.3, -0.25) is 4.79 Å². The maximum absolute atomic E-state index is 12.3. The van der Waals surface area contributed by atoms with E-state index in [0.29, 0.717) is 22.4 Å². The zero-order valence-electron chi connectivity index (χ0n) is 12.6. The van der Waals surface area contributed by atoms with E-state index >= 15 is 0 Å². The smallest absolute Gasteiger partial charge is 0.344 e. The zero-order chi connectivity index (χ0) is 16.9. The standard InChI is InChI=1S/C20H13IO3/c21-18-9-5-4-8-17(18)20(23)24-16-12-10-15(11-13-16)19(22)14-6-2-1-3-7-14/h1-13H. The number of esters is 1. The van der Waals surface area contributed by atoms with Gasteiger partial charge in [0.05, 0.1) is 5.56 Å². The minimum absolute atomic E-state index is 0.0638. The Kier molecular flexibility index (Phi) is 5.05. The van der Waals surface area contributed by atoms with Crippen LogP contribution in [0, 0.1) is 3.57 Å². The molecule has 0 heterocycles. The Hall–Kier alpha value is -2.47. The van der Waals surface area contributed by atoms with Crippen LogP contribution >= 0.6 is 22.6 Å². The van der Waals surface area contributed by atoms with Crippen molar-refractivity contribution in [2.45, 2.75) is 0 Å². The van der Waals surface area contributed by atoms with Gasteiger partial charge >= 0.3 is 5.97 Å². The molecule has 0 bridgehead atoms. The largest absolute Gasteiger partial charge is 0.423 e. The third kappa shape index (κ3) is 3.71. The van der Waals surface area contributed by atoms with Gasteiger partial charge in [0.1, 0.15) is 5.75 Å². The first-order valence-electron chi connectivity index (χ1n) is 7.31. The summed E-state index contributed by atoms with van der Waals surface area (Å²) < 4.78 is 6.20. The lowest BCUT2D eigenvalue weighted by Crippen LogP contribution is -2.10. The molecule has 0 saturated heterocycles. The van der Waals surface area contributed by atoms with E-state index in [9.17, 15) is 9.59 Å². The van der Waals surface area contributed by atoms with Crippen LogP contribution in [0.5, 0.6) is 5.75 Å². The molecule has 3 aromatic rings. The van der Waals surface area contributed by atoms with Crippen molar-refractivity contribution in [3.8, 4) is 5.75 Å². The van der Waals surface area contributed by atoms with Gasteiger partial charge in [-0.1, -0.05) is 42.5 Å². The van der Waals surface area contributed by atoms with Gasteiger partial charge in [-0.2, -0.15) is 0 Å². The summed E-state index contributed by atoms with van der Waals surface area (Å²) in [6.07, 6.45) is 0. The highest BCUT2D eigenvalue weighted by Crippen LogP contribution is 2.18. The third-order valence-electron chi connectivity index (χ3n) is 3.46. The van der Waals surface area contributed by atoms with E-state index in [2.05, 4.69) is 22.6 Å². The van der Waals surface area contributed by atoms with Gasteiger partial charge in [-0.25, -0.2) is 4.79 Å². The lowest BCUT2D eigenvalue weighted by molar-refractivity contribution is 0.0733. The van der Waals surface area contributed by atoms with Crippen molar-refractivity contribution >= 4 is 34.3 Å². The Morgan fingerprint density at radius 3 is 1.96 bits per heavy atom. The summed E-state index contributed by atoms with van der Waals surface area (Å²) in [6, 6.07) is 22.9. The second-order valence-electron chi connectivity index (χ2n) is 5.09. The predicted octanol–water partition coefficient (Wildman–Crippen LogP) is 4.74. The molecule has 0 N–H and O–H groups in total. The molecule has 0 radical (unpaired) electrons. The number of carbonyl (C=O) groups excluding carboxylic acids is 2. The summed E-state index contributed by atoms with van der Waals surface area (Å²) in [4.78, 5) is 24.5. The molecule has 0 aliphatic carbocycles. The molecule has 0 unspecified atom stereocenters. The average Bonchev–Trinajstić information content (AvgIpc) is 2.63. The van der Waals surface area contributed by atoms with Crippen molar-refractivity contribution in [3.63, 3.8) is 0 Å². The van der Waals surface area contributed by atoms with Crippen LogP contribution in [0.1, 0.15) is 26.3 Å². The number of ether oxygens (including phenoxy) is 1. The molecule has 0 aromatic heterocycles. The predicted molar refractivity (Wildman–Crippen MR) is 100 cm³/mol. The fraction of sp³-hybridized carbons (Fsp3) is 0. The van der Waals surface area contributed by atoms with Crippen LogP contribution in [-0.4, -0.2) is 11.8 Å². The average molecular weight is 428 g/mol. The molecular formula is C20H13IO3. The van der Waals surface area contributed by atoms with Crippen molar-refractivity contribution in [2.24, 2.45) is 0 Å². The third-order valence-corrected chi connectivity index (χ3v) is 4.40. The number of carbonyl (C=O) groups is 2. The number of hydrogen-bond donors (Lipinski definition) is 0. The monoisotopic (exact) mass is 428 g/mol. The second kappa shape index (κ2) is 7.40. The summed E-state index contributed by atoms with van der Waals surface area (Å²) >= 11 is 2.09. The topological polar surface area (TPSA) is 43.4 Å². The maximum atomic E-state index is 12.3. The van der Waals surface area contributed by atoms with Crippen LogP contribution in [0.15, 0.2) is 78.9 Å². The zero-order valence-corrected chi connectivity index (χ0v) is 14.8. The molecule has 0 atom stereocenters. The van der Waals surface area contributed by atoms with E-state index in [4.69, 9.17) is 4.74 Å². The molecule has 3 nitrogen and oxygen atoms in total. The number of benzene rings is 3. The molecule has 3 aromatic carbocycles. The minimum Gasteiger partial charge on any atom is -0.423 e. The lowest BCUT2D eigenvalue weighted by Gasteiger charge is -2.07. The molecule has 0 spiro atoms. The number of rotatable bonds is 4. The Morgan fingerprint density at radius 2 is 1.29 bits per heavy atom. The van der Waals surface area contributed by atoms with Gasteiger partial charge in [0.25, 0.3) is 0 Å². The molecule has 118 valence electrons. The van der Waals surface area contributed by atoms with E-state index in [-0.39, 0.29) is 5.78 Å². The summed E-state index contributed by atoms with van der Waals surface area (Å²) in [6.45, 7) is 0. The number of hydrogen-bond acceptors (Lipinski definition) is 3. The van der Waals surface area contributed by atoms with E-state index in [0.717, 1.165) is 3.57 Å². The molecule has 4 heteroatoms.